The maximum atomic E-state index is 11.9. The molecule has 1 aromatic carbocycles. The van der Waals surface area contributed by atoms with E-state index in [1.54, 1.807) is 30.3 Å². The van der Waals surface area contributed by atoms with Crippen LogP contribution < -0.4 is 10.6 Å². The van der Waals surface area contributed by atoms with Gasteiger partial charge in [0.1, 0.15) is 5.15 Å². The topological polar surface area (TPSA) is 71.1 Å². The quantitative estimate of drug-likeness (QED) is 0.650. The first-order chi connectivity index (χ1) is 10.6. The summed E-state index contributed by atoms with van der Waals surface area (Å²) in [4.78, 5) is 27.5. The monoisotopic (exact) mass is 337 g/mol. The fraction of sp³-hybridized carbons (Fsp3) is 0.133. The Morgan fingerprint density at radius 1 is 1.00 bits per heavy atom. The molecule has 2 aromatic rings. The van der Waals surface area contributed by atoms with Crippen molar-refractivity contribution in [3.8, 4) is 0 Å². The number of carbonyl (C=O) groups is 2. The molecule has 2 rings (SSSR count). The number of benzene rings is 1. The average molecular weight is 338 g/mol. The minimum atomic E-state index is -0.285. The zero-order chi connectivity index (χ0) is 15.9. The van der Waals surface area contributed by atoms with Crippen molar-refractivity contribution in [2.45, 2.75) is 0 Å². The SMILES string of the molecule is O=C(NCCNC(=O)c1ccccc1Cl)c1ccnc(Cl)c1. The summed E-state index contributed by atoms with van der Waals surface area (Å²) < 4.78 is 0. The van der Waals surface area contributed by atoms with Crippen LogP contribution in [0.5, 0.6) is 0 Å². The number of nitrogens with zero attached hydrogens (tertiary/aromatic N) is 1. The Hall–Kier alpha value is -2.11. The van der Waals surface area contributed by atoms with Crippen molar-refractivity contribution in [2.24, 2.45) is 0 Å². The van der Waals surface area contributed by atoms with Gasteiger partial charge in [-0.05, 0) is 24.3 Å². The first-order valence-corrected chi connectivity index (χ1v) is 7.26. The van der Waals surface area contributed by atoms with Crippen LogP contribution in [-0.4, -0.2) is 29.9 Å². The van der Waals surface area contributed by atoms with E-state index >= 15 is 0 Å². The van der Waals surface area contributed by atoms with Crippen molar-refractivity contribution in [1.29, 1.82) is 0 Å². The van der Waals surface area contributed by atoms with Crippen LogP contribution in [0.4, 0.5) is 0 Å². The number of carbonyl (C=O) groups excluding carboxylic acids is 2. The molecule has 0 bridgehead atoms. The van der Waals surface area contributed by atoms with E-state index in [1.165, 1.54) is 12.3 Å². The highest BCUT2D eigenvalue weighted by molar-refractivity contribution is 6.33. The second-order valence-electron chi connectivity index (χ2n) is 4.36. The third-order valence-corrected chi connectivity index (χ3v) is 3.34. The van der Waals surface area contributed by atoms with Gasteiger partial charge < -0.3 is 10.6 Å². The molecule has 0 fully saturated rings. The van der Waals surface area contributed by atoms with Crippen LogP contribution >= 0.6 is 23.2 Å². The fourth-order valence-corrected chi connectivity index (χ4v) is 2.13. The number of nitrogens with one attached hydrogen (secondary N) is 2. The van der Waals surface area contributed by atoms with E-state index in [0.717, 1.165) is 0 Å². The van der Waals surface area contributed by atoms with Gasteiger partial charge in [-0.25, -0.2) is 4.98 Å². The first-order valence-electron chi connectivity index (χ1n) is 6.50. The summed E-state index contributed by atoms with van der Waals surface area (Å²) in [6.45, 7) is 0.573. The predicted octanol–water partition coefficient (Wildman–Crippen LogP) is 2.55. The molecule has 7 heteroatoms. The minimum Gasteiger partial charge on any atom is -0.350 e. The van der Waals surface area contributed by atoms with Crippen LogP contribution in [0.15, 0.2) is 42.6 Å². The third kappa shape index (κ3) is 4.44. The van der Waals surface area contributed by atoms with E-state index in [0.29, 0.717) is 16.1 Å². The smallest absolute Gasteiger partial charge is 0.252 e. The number of hydrogen-bond acceptors (Lipinski definition) is 3. The summed E-state index contributed by atoms with van der Waals surface area (Å²) >= 11 is 11.6. The van der Waals surface area contributed by atoms with Gasteiger partial charge in [0.2, 0.25) is 0 Å². The molecule has 114 valence electrons. The first kappa shape index (κ1) is 16.3. The Labute approximate surface area is 137 Å². The zero-order valence-electron chi connectivity index (χ0n) is 11.5. The lowest BCUT2D eigenvalue weighted by atomic mass is 10.2. The van der Waals surface area contributed by atoms with Crippen LogP contribution in [0.1, 0.15) is 20.7 Å². The molecule has 1 aromatic heterocycles. The molecule has 2 amide bonds. The molecule has 22 heavy (non-hydrogen) atoms. The molecule has 0 aliphatic heterocycles. The molecule has 0 spiro atoms. The van der Waals surface area contributed by atoms with Gasteiger partial charge in [0.25, 0.3) is 11.8 Å². The summed E-state index contributed by atoms with van der Waals surface area (Å²) in [6.07, 6.45) is 1.45. The third-order valence-electron chi connectivity index (χ3n) is 2.80. The van der Waals surface area contributed by atoms with Crippen molar-refractivity contribution in [1.82, 2.24) is 15.6 Å². The summed E-state index contributed by atoms with van der Waals surface area (Å²) in [5.41, 5.74) is 0.814. The van der Waals surface area contributed by atoms with Gasteiger partial charge in [0.15, 0.2) is 0 Å². The molecular weight excluding hydrogens is 325 g/mol. The molecule has 0 saturated heterocycles. The van der Waals surface area contributed by atoms with Gasteiger partial charge in [-0.15, -0.1) is 0 Å². The van der Waals surface area contributed by atoms with Crippen LogP contribution in [0.3, 0.4) is 0 Å². The summed E-state index contributed by atoms with van der Waals surface area (Å²) in [5, 5.41) is 5.99. The molecule has 5 nitrogen and oxygen atoms in total. The van der Waals surface area contributed by atoms with Crippen LogP contribution in [0, 0.1) is 0 Å². The molecule has 0 unspecified atom stereocenters. The second kappa shape index (κ2) is 7.77. The summed E-state index contributed by atoms with van der Waals surface area (Å²) in [6, 6.07) is 9.79. The maximum Gasteiger partial charge on any atom is 0.252 e. The van der Waals surface area contributed by atoms with E-state index in [-0.39, 0.29) is 30.1 Å². The maximum absolute atomic E-state index is 11.9. The van der Waals surface area contributed by atoms with E-state index < -0.39 is 0 Å². The molecule has 0 saturated carbocycles. The Kier molecular flexibility index (Phi) is 5.75. The lowest BCUT2D eigenvalue weighted by Gasteiger charge is -2.08. The van der Waals surface area contributed by atoms with Gasteiger partial charge in [-0.1, -0.05) is 35.3 Å². The molecular formula is C15H13Cl2N3O2. The number of amides is 2. The Bertz CT molecular complexity index is 692. The van der Waals surface area contributed by atoms with Gasteiger partial charge in [-0.3, -0.25) is 9.59 Å². The largest absolute Gasteiger partial charge is 0.350 e. The van der Waals surface area contributed by atoms with Crippen molar-refractivity contribution < 1.29 is 9.59 Å². The fourth-order valence-electron chi connectivity index (χ4n) is 1.74. The number of halogens is 2. The second-order valence-corrected chi connectivity index (χ2v) is 5.15. The summed E-state index contributed by atoms with van der Waals surface area (Å²) in [7, 11) is 0. The number of rotatable bonds is 5. The molecule has 1 heterocycles. The molecule has 0 aliphatic rings. The van der Waals surface area contributed by atoms with Crippen LogP contribution in [0.2, 0.25) is 10.2 Å². The van der Waals surface area contributed by atoms with E-state index in [9.17, 15) is 9.59 Å². The van der Waals surface area contributed by atoms with E-state index in [1.807, 2.05) is 0 Å². The van der Waals surface area contributed by atoms with Crippen LogP contribution in [0.25, 0.3) is 0 Å². The predicted molar refractivity (Wildman–Crippen MR) is 85.4 cm³/mol. The normalized spacial score (nSPS) is 10.1. The van der Waals surface area contributed by atoms with Crippen molar-refractivity contribution in [3.05, 3.63) is 63.9 Å². The van der Waals surface area contributed by atoms with E-state index in [2.05, 4.69) is 15.6 Å². The highest BCUT2D eigenvalue weighted by atomic mass is 35.5. The van der Waals surface area contributed by atoms with Gasteiger partial charge in [-0.2, -0.15) is 0 Å². The van der Waals surface area contributed by atoms with Gasteiger partial charge in [0, 0.05) is 24.8 Å². The number of hydrogen-bond donors (Lipinski definition) is 2. The highest BCUT2D eigenvalue weighted by Crippen LogP contribution is 2.14. The highest BCUT2D eigenvalue weighted by Gasteiger charge is 2.09. The van der Waals surface area contributed by atoms with E-state index in [4.69, 9.17) is 23.2 Å². The number of pyridine rings is 1. The number of aromatic nitrogens is 1. The summed E-state index contributed by atoms with van der Waals surface area (Å²) in [5.74, 6) is -0.567. The van der Waals surface area contributed by atoms with Crippen molar-refractivity contribution >= 4 is 35.0 Å². The average Bonchev–Trinajstić information content (AvgIpc) is 2.51. The zero-order valence-corrected chi connectivity index (χ0v) is 13.0. The Balaban J connectivity index is 1.79. The minimum absolute atomic E-state index is 0.250. The Morgan fingerprint density at radius 2 is 1.68 bits per heavy atom. The lowest BCUT2D eigenvalue weighted by Crippen LogP contribution is -2.34. The standard InChI is InChI=1S/C15H13Cl2N3O2/c16-12-4-2-1-3-11(12)15(22)20-8-7-19-14(21)10-5-6-18-13(17)9-10/h1-6,9H,7-8H2,(H,19,21)(H,20,22). The van der Waals surface area contributed by atoms with Gasteiger partial charge >= 0.3 is 0 Å². The van der Waals surface area contributed by atoms with Gasteiger partial charge in [0.05, 0.1) is 10.6 Å². The molecule has 2 N–H and O–H groups in total. The van der Waals surface area contributed by atoms with Crippen LogP contribution in [-0.2, 0) is 0 Å². The Morgan fingerprint density at radius 3 is 2.36 bits per heavy atom. The van der Waals surface area contributed by atoms with Crippen molar-refractivity contribution in [3.63, 3.8) is 0 Å². The molecule has 0 atom stereocenters. The lowest BCUT2D eigenvalue weighted by molar-refractivity contribution is 0.0927. The van der Waals surface area contributed by atoms with Crippen molar-refractivity contribution in [2.75, 3.05) is 13.1 Å². The molecule has 0 radical (unpaired) electrons. The molecule has 0 aliphatic carbocycles.